The zero-order valence-electron chi connectivity index (χ0n) is 31.6. The van der Waals surface area contributed by atoms with Crippen molar-refractivity contribution in [2.45, 2.75) is 112 Å². The zero-order valence-corrected chi connectivity index (χ0v) is 31.6. The molecule has 0 saturated carbocycles. The maximum atomic E-state index is 9.30. The largest absolute Gasteiger partial charge is 0.388 e. The summed E-state index contributed by atoms with van der Waals surface area (Å²) in [6.45, 7) is 19.7. The normalized spacial score (nSPS) is 11.1. The summed E-state index contributed by atoms with van der Waals surface area (Å²) in [6.07, 6.45) is 19.2. The van der Waals surface area contributed by atoms with Gasteiger partial charge in [-0.3, -0.25) is 15.0 Å². The molecule has 10 nitrogen and oxygen atoms in total. The first kappa shape index (κ1) is 38.8. The Labute approximate surface area is 303 Å². The van der Waals surface area contributed by atoms with Gasteiger partial charge in [-0.1, -0.05) is 55.4 Å². The van der Waals surface area contributed by atoms with Crippen LogP contribution >= 0.6 is 0 Å². The fourth-order valence-electron chi connectivity index (χ4n) is 5.42. The molecule has 6 aromatic heterocycles. The van der Waals surface area contributed by atoms with Gasteiger partial charge in [-0.2, -0.15) is 0 Å². The Morgan fingerprint density at radius 3 is 1.00 bits per heavy atom. The van der Waals surface area contributed by atoms with Gasteiger partial charge < -0.3 is 18.8 Å². The first-order valence-electron chi connectivity index (χ1n) is 18.1. The molecule has 6 rings (SSSR count). The van der Waals surface area contributed by atoms with Crippen LogP contribution in [0.5, 0.6) is 0 Å². The lowest BCUT2D eigenvalue weighted by Crippen LogP contribution is -2.03. The van der Waals surface area contributed by atoms with Gasteiger partial charge in [0, 0.05) is 88.2 Å². The Morgan fingerprint density at radius 2 is 0.745 bits per heavy atom. The molecule has 0 aromatic carbocycles. The number of hydrogen-bond donors (Lipinski definition) is 1. The minimum atomic E-state index is -0.0300. The molecule has 0 aliphatic heterocycles. The molecule has 0 fully saturated rings. The molecule has 0 saturated heterocycles. The van der Waals surface area contributed by atoms with Gasteiger partial charge in [0.15, 0.2) is 0 Å². The van der Waals surface area contributed by atoms with Gasteiger partial charge in [0.2, 0.25) is 0 Å². The van der Waals surface area contributed by atoms with Crippen molar-refractivity contribution in [3.63, 3.8) is 0 Å². The minimum Gasteiger partial charge on any atom is -0.388 e. The van der Waals surface area contributed by atoms with Crippen molar-refractivity contribution in [3.8, 4) is 0 Å². The van der Waals surface area contributed by atoms with E-state index in [0.717, 1.165) is 55.4 Å². The maximum absolute atomic E-state index is 9.30. The van der Waals surface area contributed by atoms with Crippen LogP contribution in [0, 0.1) is 0 Å². The first-order chi connectivity index (χ1) is 24.6. The lowest BCUT2D eigenvalue weighted by molar-refractivity contribution is 0.266. The van der Waals surface area contributed by atoms with E-state index in [2.05, 4.69) is 131 Å². The van der Waals surface area contributed by atoms with E-state index in [1.165, 1.54) is 22.5 Å². The summed E-state index contributed by atoms with van der Waals surface area (Å²) < 4.78 is 6.47. The minimum absolute atomic E-state index is 0.0300. The summed E-state index contributed by atoms with van der Waals surface area (Å²) in [6, 6.07) is 12.1. The lowest BCUT2D eigenvalue weighted by Gasteiger charge is -2.05. The molecule has 0 radical (unpaired) electrons. The molecule has 0 spiro atoms. The van der Waals surface area contributed by atoms with Gasteiger partial charge in [0.25, 0.3) is 0 Å². The number of pyridine rings is 3. The van der Waals surface area contributed by atoms with E-state index in [4.69, 9.17) is 0 Å². The molecular formula is C41H55N9O. The Kier molecular flexibility index (Phi) is 14.8. The number of aromatic nitrogens is 9. The van der Waals surface area contributed by atoms with E-state index in [9.17, 15) is 5.11 Å². The van der Waals surface area contributed by atoms with Crippen molar-refractivity contribution < 1.29 is 5.11 Å². The molecule has 0 unspecified atom stereocenters. The topological polar surface area (TPSA) is 112 Å². The number of nitrogens with zero attached hydrogens (tertiary/aromatic N) is 9. The van der Waals surface area contributed by atoms with Gasteiger partial charge in [-0.25, -0.2) is 15.0 Å². The van der Waals surface area contributed by atoms with E-state index in [0.29, 0.717) is 23.6 Å². The quantitative estimate of drug-likeness (QED) is 0.139. The van der Waals surface area contributed by atoms with E-state index in [1.54, 1.807) is 12.4 Å². The monoisotopic (exact) mass is 689 g/mol. The van der Waals surface area contributed by atoms with E-state index in [1.807, 2.05) is 47.7 Å². The Balaban J connectivity index is 0.000000172. The van der Waals surface area contributed by atoms with E-state index >= 15 is 0 Å². The Hall–Kier alpha value is -4.96. The van der Waals surface area contributed by atoms with Crippen LogP contribution in [0.2, 0.25) is 0 Å². The summed E-state index contributed by atoms with van der Waals surface area (Å²) in [5.41, 5.74) is 7.06. The zero-order chi connectivity index (χ0) is 36.8. The molecule has 0 amide bonds. The Bertz CT molecular complexity index is 1640. The maximum Gasteiger partial charge on any atom is 0.135 e. The fraction of sp³-hybridized carbons (Fsp3) is 0.415. The molecule has 0 aliphatic rings. The molecule has 270 valence electrons. The number of hydrogen-bond acceptors (Lipinski definition) is 7. The highest BCUT2D eigenvalue weighted by Gasteiger charge is 2.12. The fourth-order valence-corrected chi connectivity index (χ4v) is 5.42. The first-order valence-corrected chi connectivity index (χ1v) is 18.1. The molecular weight excluding hydrogens is 635 g/mol. The molecule has 0 atom stereocenters. The van der Waals surface area contributed by atoms with Gasteiger partial charge >= 0.3 is 0 Å². The molecule has 51 heavy (non-hydrogen) atoms. The van der Waals surface area contributed by atoms with Crippen molar-refractivity contribution in [1.29, 1.82) is 0 Å². The van der Waals surface area contributed by atoms with Gasteiger partial charge in [-0.15, -0.1) is 0 Å². The van der Waals surface area contributed by atoms with Crippen LogP contribution < -0.4 is 0 Å². The molecule has 10 heteroatoms. The third-order valence-electron chi connectivity index (χ3n) is 8.49. The summed E-state index contributed by atoms with van der Waals surface area (Å²) in [7, 11) is 0. The number of rotatable bonds is 12. The van der Waals surface area contributed by atoms with Gasteiger partial charge in [0.1, 0.15) is 24.1 Å². The van der Waals surface area contributed by atoms with Crippen LogP contribution in [-0.2, 0) is 39.1 Å². The average Bonchev–Trinajstić information content (AvgIpc) is 3.87. The predicted molar refractivity (Wildman–Crippen MR) is 204 cm³/mol. The third kappa shape index (κ3) is 11.5. The Morgan fingerprint density at radius 1 is 0.471 bits per heavy atom. The molecule has 1 N–H and O–H groups in total. The van der Waals surface area contributed by atoms with Crippen molar-refractivity contribution in [2.24, 2.45) is 0 Å². The van der Waals surface area contributed by atoms with Crippen LogP contribution in [0.4, 0.5) is 0 Å². The number of aliphatic hydroxyl groups is 1. The van der Waals surface area contributed by atoms with Crippen LogP contribution in [0.1, 0.15) is 124 Å². The van der Waals surface area contributed by atoms with Crippen LogP contribution in [0.15, 0.2) is 92.2 Å². The van der Waals surface area contributed by atoms with Crippen LogP contribution in [-0.4, -0.2) is 48.7 Å². The average molecular weight is 690 g/mol. The number of aryl methyl sites for hydroxylation is 2. The van der Waals surface area contributed by atoms with Crippen molar-refractivity contribution in [2.75, 3.05) is 0 Å². The molecule has 0 bridgehead atoms. The lowest BCUT2D eigenvalue weighted by atomic mass is 10.2. The molecule has 0 aliphatic carbocycles. The number of imidazole rings is 3. The summed E-state index contributed by atoms with van der Waals surface area (Å²) in [5.74, 6) is 4.37. The molecule has 6 aromatic rings. The second kappa shape index (κ2) is 19.4. The van der Waals surface area contributed by atoms with Crippen molar-refractivity contribution in [3.05, 3.63) is 143 Å². The van der Waals surface area contributed by atoms with Crippen molar-refractivity contribution >= 4 is 0 Å². The molecule has 6 heterocycles. The van der Waals surface area contributed by atoms with Gasteiger partial charge in [0.05, 0.1) is 17.1 Å². The highest BCUT2D eigenvalue weighted by molar-refractivity contribution is 5.17. The smallest absolute Gasteiger partial charge is 0.135 e. The van der Waals surface area contributed by atoms with E-state index in [-0.39, 0.29) is 6.61 Å². The predicted octanol–water partition coefficient (Wildman–Crippen LogP) is 7.97. The third-order valence-corrected chi connectivity index (χ3v) is 8.49. The van der Waals surface area contributed by atoms with Gasteiger partial charge in [-0.05, 0) is 70.8 Å². The second-order valence-corrected chi connectivity index (χ2v) is 13.5. The SMILES string of the molecule is CC(C)c1cn(Cc2ccncc2)c(CO)n1.CCc1nc(C(C)C)cn1Cc1ccncc1.CCc1nc(C(C)C)cn1Cc1ccncc1. The van der Waals surface area contributed by atoms with E-state index < -0.39 is 0 Å². The number of aliphatic hydroxyl groups excluding tert-OH is 1. The van der Waals surface area contributed by atoms with Crippen LogP contribution in [0.3, 0.4) is 0 Å². The standard InChI is InChI=1S/2C14H19N3.C13H17N3O/c2*1-4-14-16-13(11(2)3)10-17(14)9-12-5-7-15-8-6-12;1-10(2)12-8-16(13(9-17)15-12)7-11-3-5-14-6-4-11/h2*5-8,10-11H,4,9H2,1-3H3;3-6,8,10,17H,7,9H2,1-2H3. The summed E-state index contributed by atoms with van der Waals surface area (Å²) >= 11 is 0. The highest BCUT2D eigenvalue weighted by Crippen LogP contribution is 2.18. The van der Waals surface area contributed by atoms with Crippen molar-refractivity contribution in [1.82, 2.24) is 43.6 Å². The second-order valence-electron chi connectivity index (χ2n) is 13.5. The highest BCUT2D eigenvalue weighted by atomic mass is 16.3. The summed E-state index contributed by atoms with van der Waals surface area (Å²) in [4.78, 5) is 25.8. The van der Waals surface area contributed by atoms with Crippen LogP contribution in [0.25, 0.3) is 0 Å². The summed E-state index contributed by atoms with van der Waals surface area (Å²) in [5, 5.41) is 9.30.